The van der Waals surface area contributed by atoms with Crippen LogP contribution in [0.25, 0.3) is 0 Å². The first kappa shape index (κ1) is 12.3. The monoisotopic (exact) mass is 218 g/mol. The molecule has 0 aromatic heterocycles. The van der Waals surface area contributed by atoms with E-state index in [4.69, 9.17) is 5.26 Å². The third-order valence-electron chi connectivity index (χ3n) is 2.21. The third kappa shape index (κ3) is 3.76. The molecule has 3 heteroatoms. The molecule has 1 atom stereocenters. The molecule has 0 aliphatic rings. The minimum atomic E-state index is -0.919. The summed E-state index contributed by atoms with van der Waals surface area (Å²) >= 11 is 0. The minimum absolute atomic E-state index is 0.00491. The average molecular weight is 218 g/mol. The Balaban J connectivity index is 2.82. The maximum absolute atomic E-state index is 10.7. The van der Waals surface area contributed by atoms with Crippen molar-refractivity contribution in [3.05, 3.63) is 35.9 Å². The number of carbonyl (C=O) groups is 1. The predicted molar refractivity (Wildman–Crippen MR) is 60.6 cm³/mol. The van der Waals surface area contributed by atoms with Crippen LogP contribution in [0.3, 0.4) is 0 Å². The summed E-state index contributed by atoms with van der Waals surface area (Å²) in [5, 5.41) is 8.10. The van der Waals surface area contributed by atoms with Crippen LogP contribution in [0, 0.1) is 11.8 Å². The second-order valence-electron chi connectivity index (χ2n) is 3.40. The smallest absolute Gasteiger partial charge is 0.286 e. The molecule has 0 saturated carbocycles. The molecule has 0 spiro atoms. The summed E-state index contributed by atoms with van der Waals surface area (Å²) in [5.41, 5.74) is 1.07. The van der Waals surface area contributed by atoms with Crippen molar-refractivity contribution in [2.24, 2.45) is 0 Å². The van der Waals surface area contributed by atoms with E-state index in [-0.39, 0.29) is 5.92 Å². The van der Waals surface area contributed by atoms with Gasteiger partial charge < -0.3 is 0 Å². The number of rotatable bonds is 3. The van der Waals surface area contributed by atoms with Gasteiger partial charge in [-0.05, 0) is 12.0 Å². The molecule has 1 aromatic rings. The molecule has 0 saturated heterocycles. The Morgan fingerprint density at radius 2 is 2.12 bits per heavy atom. The fourth-order valence-electron chi connectivity index (χ4n) is 1.47. The summed E-state index contributed by atoms with van der Waals surface area (Å²) in [4.78, 5) is 14.2. The fraction of sp³-hybridized carbons (Fsp3) is 0.308. The lowest BCUT2D eigenvalue weighted by molar-refractivity contribution is -0.226. The molecular weight excluding hydrogens is 204 g/mol. The van der Waals surface area contributed by atoms with Gasteiger partial charge in [-0.2, -0.15) is 5.26 Å². The molecule has 0 heterocycles. The fourth-order valence-corrected chi connectivity index (χ4v) is 1.47. The highest BCUT2D eigenvalue weighted by Gasteiger charge is 2.07. The number of benzene rings is 1. The first-order valence-electron chi connectivity index (χ1n) is 5.19. The van der Waals surface area contributed by atoms with E-state index in [2.05, 4.69) is 23.7 Å². The van der Waals surface area contributed by atoms with E-state index in [0.717, 1.165) is 18.4 Å². The van der Waals surface area contributed by atoms with E-state index < -0.39 is 5.97 Å². The maximum atomic E-state index is 10.7. The Hall–Kier alpha value is -1.79. The predicted octanol–water partition coefficient (Wildman–Crippen LogP) is 2.59. The first-order valence-corrected chi connectivity index (χ1v) is 5.19. The lowest BCUT2D eigenvalue weighted by Gasteiger charge is -2.08. The molecule has 1 unspecified atom stereocenters. The normalized spacial score (nSPS) is 11.1. The van der Waals surface area contributed by atoms with Crippen molar-refractivity contribution >= 4 is 5.97 Å². The van der Waals surface area contributed by atoms with Gasteiger partial charge in [-0.3, -0.25) is 4.89 Å². The zero-order chi connectivity index (χ0) is 11.8. The molecule has 0 fully saturated rings. The van der Waals surface area contributed by atoms with Crippen molar-refractivity contribution in [1.29, 1.82) is 0 Å². The lowest BCUT2D eigenvalue weighted by Crippen LogP contribution is -1.99. The maximum Gasteiger partial charge on any atom is 0.416 e. The summed E-state index contributed by atoms with van der Waals surface area (Å²) in [6, 6.07) is 9.74. The van der Waals surface area contributed by atoms with Crippen molar-refractivity contribution in [3.63, 3.8) is 0 Å². The second-order valence-corrected chi connectivity index (χ2v) is 3.40. The van der Waals surface area contributed by atoms with Crippen LogP contribution in [0.5, 0.6) is 0 Å². The Labute approximate surface area is 95.0 Å². The molecule has 0 aliphatic carbocycles. The van der Waals surface area contributed by atoms with Crippen LogP contribution in [0.4, 0.5) is 0 Å². The summed E-state index contributed by atoms with van der Waals surface area (Å²) in [5.74, 6) is 4.14. The summed E-state index contributed by atoms with van der Waals surface area (Å²) in [7, 11) is 0. The van der Waals surface area contributed by atoms with Gasteiger partial charge in [0.15, 0.2) is 0 Å². The van der Waals surface area contributed by atoms with Gasteiger partial charge in [-0.15, -0.1) is 0 Å². The van der Waals surface area contributed by atoms with Gasteiger partial charge in [0.05, 0.1) is 0 Å². The van der Waals surface area contributed by atoms with E-state index in [0.29, 0.717) is 0 Å². The van der Waals surface area contributed by atoms with Crippen LogP contribution >= 0.6 is 0 Å². The van der Waals surface area contributed by atoms with Crippen LogP contribution in [0.2, 0.25) is 0 Å². The van der Waals surface area contributed by atoms with E-state index in [1.165, 1.54) is 0 Å². The summed E-state index contributed by atoms with van der Waals surface area (Å²) < 4.78 is 0. The highest BCUT2D eigenvalue weighted by molar-refractivity contribution is 5.88. The van der Waals surface area contributed by atoms with Crippen LogP contribution in [-0.4, -0.2) is 11.2 Å². The van der Waals surface area contributed by atoms with Crippen molar-refractivity contribution in [3.8, 4) is 11.8 Å². The van der Waals surface area contributed by atoms with Crippen molar-refractivity contribution in [2.75, 3.05) is 0 Å². The molecule has 1 N–H and O–H groups in total. The van der Waals surface area contributed by atoms with Crippen molar-refractivity contribution < 1.29 is 14.9 Å². The average Bonchev–Trinajstić information content (AvgIpc) is 2.35. The Bertz CT molecular complexity index is 387. The highest BCUT2D eigenvalue weighted by atomic mass is 17.1. The molecular formula is C13H14O3. The van der Waals surface area contributed by atoms with Gasteiger partial charge in [-0.25, -0.2) is 4.79 Å². The van der Waals surface area contributed by atoms with Gasteiger partial charge in [0, 0.05) is 11.8 Å². The number of hydrogen-bond donors (Lipinski definition) is 1. The molecule has 0 aliphatic heterocycles. The van der Waals surface area contributed by atoms with Gasteiger partial charge in [0.2, 0.25) is 0 Å². The zero-order valence-electron chi connectivity index (χ0n) is 9.14. The standard InChI is InChI=1S/C13H14O3/c1-2-6-11(9-10-13(14)16-15)12-7-4-3-5-8-12/h3-5,7-8,11,15H,2,6H2,1H3. The lowest BCUT2D eigenvalue weighted by atomic mass is 9.95. The Morgan fingerprint density at radius 1 is 1.44 bits per heavy atom. The topological polar surface area (TPSA) is 46.5 Å². The summed E-state index contributed by atoms with van der Waals surface area (Å²) in [6.45, 7) is 2.06. The van der Waals surface area contributed by atoms with Crippen LogP contribution in [0.15, 0.2) is 30.3 Å². The van der Waals surface area contributed by atoms with Gasteiger partial charge >= 0.3 is 5.97 Å². The van der Waals surface area contributed by atoms with Crippen LogP contribution in [0.1, 0.15) is 31.2 Å². The van der Waals surface area contributed by atoms with Gasteiger partial charge in [0.25, 0.3) is 0 Å². The first-order chi connectivity index (χ1) is 7.77. The molecule has 0 radical (unpaired) electrons. The van der Waals surface area contributed by atoms with E-state index in [9.17, 15) is 4.79 Å². The molecule has 84 valence electrons. The Morgan fingerprint density at radius 3 is 2.69 bits per heavy atom. The number of hydrogen-bond acceptors (Lipinski definition) is 3. The molecule has 1 aromatic carbocycles. The second kappa shape index (κ2) is 6.65. The molecule has 16 heavy (non-hydrogen) atoms. The minimum Gasteiger partial charge on any atom is -0.286 e. The SMILES string of the molecule is CCCC(C#CC(=O)OO)c1ccccc1. The molecule has 3 nitrogen and oxygen atoms in total. The Kier molecular flexibility index (Phi) is 5.10. The van der Waals surface area contributed by atoms with Gasteiger partial charge in [-0.1, -0.05) is 49.6 Å². The van der Waals surface area contributed by atoms with Crippen LogP contribution < -0.4 is 0 Å². The van der Waals surface area contributed by atoms with E-state index in [1.807, 2.05) is 30.3 Å². The molecule has 0 amide bonds. The quantitative estimate of drug-likeness (QED) is 0.482. The van der Waals surface area contributed by atoms with Crippen LogP contribution in [-0.2, 0) is 9.68 Å². The van der Waals surface area contributed by atoms with Gasteiger partial charge in [0.1, 0.15) is 0 Å². The largest absolute Gasteiger partial charge is 0.416 e. The summed E-state index contributed by atoms with van der Waals surface area (Å²) in [6.07, 6.45) is 1.85. The van der Waals surface area contributed by atoms with E-state index >= 15 is 0 Å². The third-order valence-corrected chi connectivity index (χ3v) is 2.21. The molecule has 0 bridgehead atoms. The number of carbonyl (C=O) groups excluding carboxylic acids is 1. The van der Waals surface area contributed by atoms with Crippen molar-refractivity contribution in [2.45, 2.75) is 25.7 Å². The molecule has 1 rings (SSSR count). The van der Waals surface area contributed by atoms with E-state index in [1.54, 1.807) is 0 Å². The zero-order valence-corrected chi connectivity index (χ0v) is 9.14. The van der Waals surface area contributed by atoms with Crippen molar-refractivity contribution in [1.82, 2.24) is 0 Å². The highest BCUT2D eigenvalue weighted by Crippen LogP contribution is 2.19.